The van der Waals surface area contributed by atoms with Crippen LogP contribution in [0.25, 0.3) is 0 Å². The van der Waals surface area contributed by atoms with E-state index in [1.165, 1.54) is 101 Å². The van der Waals surface area contributed by atoms with Gasteiger partial charge in [0.05, 0.1) is 68.3 Å². The van der Waals surface area contributed by atoms with E-state index in [4.69, 9.17) is 68.2 Å². The number of hydrogen-bond donors (Lipinski definition) is 4. The van der Waals surface area contributed by atoms with Crippen LogP contribution in [0.3, 0.4) is 0 Å². The standard InChI is InChI=1S/C43H58ClN3O8S.C36H35Cl2N3O8S/c1-3-5-7-8-9-10-11-12-13-14-15-20-29-53-30-21-28-47-41(45-36-23-17-19-25-39(36)56(47,51)52)40(55-37-27-26-33(43(49)50)32-34(37)44)42(48)46-35-22-16-18-24-38(35)54-31-6-4-2;1-21(2)48-30-12-7-5-10-27(30)40-35(42)33(49-32-25(37)19-24(36(43)44)20-26(32)38)34-39-28-11-6-8-13-31(28)50(45,46)41(34)16-9-17-47-29-15-14-22(3)18-23(29)4/h16-19,22-27,32,40H,3-15,20-21,28-31H2,1-2H3,(H,46,48)(H,49,50);5-8,10-15,18-21,33H,9,16-17H2,1-4H3,(H,40,42)(H,43,44). The molecule has 0 saturated heterocycles. The van der Waals surface area contributed by atoms with E-state index in [-0.39, 0.29) is 108 Å². The number of carbonyl (C=O) groups is 4. The molecule has 2 aliphatic heterocycles. The second-order valence-electron chi connectivity index (χ2n) is 25.7. The predicted molar refractivity (Wildman–Crippen MR) is 414 cm³/mol. The van der Waals surface area contributed by atoms with Crippen molar-refractivity contribution in [2.24, 2.45) is 9.98 Å². The van der Waals surface area contributed by atoms with Crippen LogP contribution in [0.2, 0.25) is 15.1 Å². The van der Waals surface area contributed by atoms with Gasteiger partial charge in [-0.2, -0.15) is 0 Å². The van der Waals surface area contributed by atoms with E-state index in [9.17, 15) is 46.2 Å². The predicted octanol–water partition coefficient (Wildman–Crippen LogP) is 18.1. The number of para-hydroxylation sites is 6. The number of amidine groups is 2. The van der Waals surface area contributed by atoms with Crippen LogP contribution in [-0.4, -0.2) is 129 Å². The third-order valence-corrected chi connectivity index (χ3v) is 21.5. The fraction of sp³-hybridized carbons (Fsp3) is 0.392. The van der Waals surface area contributed by atoms with Crippen LogP contribution in [0.5, 0.6) is 28.7 Å². The Morgan fingerprint density at radius 2 is 0.906 bits per heavy atom. The highest BCUT2D eigenvalue weighted by Gasteiger charge is 2.44. The van der Waals surface area contributed by atoms with E-state index in [0.29, 0.717) is 49.2 Å². The summed E-state index contributed by atoms with van der Waals surface area (Å²) in [6.07, 6.45) is 13.6. The van der Waals surface area contributed by atoms with Crippen molar-refractivity contribution in [2.45, 2.75) is 172 Å². The molecule has 2 aliphatic rings. The van der Waals surface area contributed by atoms with E-state index in [0.717, 1.165) is 57.6 Å². The average Bonchev–Trinajstić information content (AvgIpc) is 0.753. The van der Waals surface area contributed by atoms with Crippen molar-refractivity contribution in [3.63, 3.8) is 0 Å². The SMILES string of the molecule is CCCCCCCCCCCCCCOCCCN1C(C(Oc2ccc(C(=O)O)cc2Cl)C(=O)Nc2ccccc2OCCCC)=Nc2ccccc2S1(=O)=O.Cc1ccc(OCCCN2C(C(Oc3c(Cl)cc(C(=O)O)cc3Cl)C(=O)Nc3ccccc3OC(C)C)=Nc3ccccc3S2(=O)=O)c(C)c1. The minimum Gasteiger partial charge on any atom is -0.493 e. The monoisotopic (exact) mass is 1550 g/mol. The number of sulfonamides is 2. The number of carbonyl (C=O) groups excluding carboxylic acids is 2. The number of aryl methyl sites for hydroxylation is 2. The number of carboxylic acids is 2. The molecule has 0 bridgehead atoms. The number of fused-ring (bicyclic) bond motifs is 2. The summed E-state index contributed by atoms with van der Waals surface area (Å²) < 4.78 is 95.1. The lowest BCUT2D eigenvalue weighted by atomic mass is 10.1. The van der Waals surface area contributed by atoms with Crippen molar-refractivity contribution in [3.8, 4) is 28.7 Å². The van der Waals surface area contributed by atoms with Crippen LogP contribution in [-0.2, 0) is 34.4 Å². The Kier molecular flexibility index (Phi) is 31.8. The highest BCUT2D eigenvalue weighted by molar-refractivity contribution is 7.90. The highest BCUT2D eigenvalue weighted by Crippen LogP contribution is 2.40. The molecule has 0 aliphatic carbocycles. The van der Waals surface area contributed by atoms with Gasteiger partial charge in [-0.3, -0.25) is 9.59 Å². The van der Waals surface area contributed by atoms with Crippen LogP contribution >= 0.6 is 34.8 Å². The van der Waals surface area contributed by atoms with Crippen LogP contribution in [0, 0.1) is 13.8 Å². The number of nitrogens with one attached hydrogen (secondary N) is 2. The van der Waals surface area contributed by atoms with E-state index in [1.54, 1.807) is 78.9 Å². The Hall–Kier alpha value is -8.91. The lowest BCUT2D eigenvalue weighted by molar-refractivity contribution is -0.121. The molecule has 568 valence electrons. The number of unbranched alkanes of at least 4 members (excludes halogenated alkanes) is 12. The fourth-order valence-electron chi connectivity index (χ4n) is 11.6. The van der Waals surface area contributed by atoms with E-state index >= 15 is 0 Å². The zero-order valence-corrected chi connectivity index (χ0v) is 64.4. The lowest BCUT2D eigenvalue weighted by Crippen LogP contribution is -2.52. The first-order valence-corrected chi connectivity index (χ1v) is 39.8. The van der Waals surface area contributed by atoms with Gasteiger partial charge in [-0.05, 0) is 137 Å². The summed E-state index contributed by atoms with van der Waals surface area (Å²) in [6, 6.07) is 37.9. The summed E-state index contributed by atoms with van der Waals surface area (Å²) in [7, 11) is -8.47. The first-order valence-electron chi connectivity index (χ1n) is 35.8. The maximum atomic E-state index is 14.3. The van der Waals surface area contributed by atoms with Gasteiger partial charge in [0.1, 0.15) is 32.8 Å². The summed E-state index contributed by atoms with van der Waals surface area (Å²) in [6.45, 7) is 13.1. The van der Waals surface area contributed by atoms with Crippen molar-refractivity contribution >= 4 is 113 Å². The number of rotatable bonds is 40. The lowest BCUT2D eigenvalue weighted by Gasteiger charge is -2.33. The topological polar surface area (TPSA) is 288 Å². The van der Waals surface area contributed by atoms with Gasteiger partial charge in [0.25, 0.3) is 31.9 Å². The van der Waals surface area contributed by atoms with Gasteiger partial charge in [0, 0.05) is 32.7 Å². The number of carboxylic acid groups (broad SMARTS) is 2. The third kappa shape index (κ3) is 23.1. The Balaban J connectivity index is 0.000000269. The van der Waals surface area contributed by atoms with E-state index in [1.807, 2.05) is 52.8 Å². The first kappa shape index (κ1) is 82.7. The normalized spacial score (nSPS) is 13.9. The molecule has 27 heteroatoms. The zero-order valence-electron chi connectivity index (χ0n) is 60.5. The number of ether oxygens (including phenoxy) is 6. The molecule has 0 aromatic heterocycles. The molecule has 7 aromatic carbocycles. The van der Waals surface area contributed by atoms with Gasteiger partial charge in [-0.25, -0.2) is 45.0 Å². The van der Waals surface area contributed by atoms with E-state index < -0.39 is 56.0 Å². The molecule has 2 atom stereocenters. The molecule has 4 N–H and O–H groups in total. The molecule has 2 amide bonds. The maximum Gasteiger partial charge on any atom is 0.335 e. The van der Waals surface area contributed by atoms with Crippen molar-refractivity contribution < 1.29 is 74.6 Å². The molecular formula is C79H93Cl3N6O16S2. The quantitative estimate of drug-likeness (QED) is 0.0260. The largest absolute Gasteiger partial charge is 0.493 e. The molecule has 0 saturated carbocycles. The molecular weight excluding hydrogens is 1460 g/mol. The van der Waals surface area contributed by atoms with Crippen molar-refractivity contribution in [1.29, 1.82) is 0 Å². The number of amides is 2. The Morgan fingerprint density at radius 3 is 1.43 bits per heavy atom. The van der Waals surface area contributed by atoms with Crippen LogP contribution in [0.4, 0.5) is 22.7 Å². The highest BCUT2D eigenvalue weighted by atomic mass is 35.5. The zero-order chi connectivity index (χ0) is 76.3. The van der Waals surface area contributed by atoms with Crippen LogP contribution in [0.15, 0.2) is 165 Å². The molecule has 0 spiro atoms. The minimum atomic E-state index is -4.28. The summed E-state index contributed by atoms with van der Waals surface area (Å²) in [5.74, 6) is -3.33. The van der Waals surface area contributed by atoms with Gasteiger partial charge in [-0.15, -0.1) is 0 Å². The smallest absolute Gasteiger partial charge is 0.335 e. The Labute approximate surface area is 636 Å². The molecule has 2 unspecified atom stereocenters. The number of benzene rings is 7. The molecule has 9 rings (SSSR count). The van der Waals surface area contributed by atoms with Crippen LogP contribution < -0.4 is 34.3 Å². The van der Waals surface area contributed by atoms with E-state index in [2.05, 4.69) is 22.5 Å². The summed E-state index contributed by atoms with van der Waals surface area (Å²) >= 11 is 19.4. The average molecular weight is 1550 g/mol. The number of aliphatic imine (C=N–C) groups is 2. The molecule has 0 radical (unpaired) electrons. The minimum absolute atomic E-state index is 0.00108. The first-order chi connectivity index (χ1) is 50.9. The number of halogens is 3. The summed E-state index contributed by atoms with van der Waals surface area (Å²) in [5, 5.41) is 24.1. The fourth-order valence-corrected chi connectivity index (χ4v) is 15.6. The molecule has 7 aromatic rings. The van der Waals surface area contributed by atoms with Crippen molar-refractivity contribution in [2.75, 3.05) is 50.2 Å². The number of anilines is 2. The summed E-state index contributed by atoms with van der Waals surface area (Å²) in [5.41, 5.74) is 2.59. The van der Waals surface area contributed by atoms with Crippen LogP contribution in [0.1, 0.15) is 162 Å². The second kappa shape index (κ2) is 40.7. The summed E-state index contributed by atoms with van der Waals surface area (Å²) in [4.78, 5) is 61.2. The number of hydrogen-bond acceptors (Lipinski definition) is 16. The maximum absolute atomic E-state index is 14.3. The second-order valence-corrected chi connectivity index (χ2v) is 30.6. The molecule has 106 heavy (non-hydrogen) atoms. The van der Waals surface area contributed by atoms with Crippen molar-refractivity contribution in [1.82, 2.24) is 8.61 Å². The molecule has 2 heterocycles. The van der Waals surface area contributed by atoms with Gasteiger partial charge >= 0.3 is 11.9 Å². The van der Waals surface area contributed by atoms with Gasteiger partial charge in [0.2, 0.25) is 12.2 Å². The Morgan fingerprint density at radius 1 is 0.462 bits per heavy atom. The van der Waals surface area contributed by atoms with Gasteiger partial charge in [-0.1, -0.05) is 192 Å². The third-order valence-electron chi connectivity index (χ3n) is 17.0. The molecule has 22 nitrogen and oxygen atoms in total. The molecule has 0 fully saturated rings. The number of aromatic carboxylic acids is 2. The number of nitrogens with zero attached hydrogens (tertiary/aromatic N) is 4. The van der Waals surface area contributed by atoms with Gasteiger partial charge in [0.15, 0.2) is 17.4 Å². The van der Waals surface area contributed by atoms with Crippen molar-refractivity contribution in [3.05, 3.63) is 183 Å². The Bertz CT molecular complexity index is 4440. The van der Waals surface area contributed by atoms with Gasteiger partial charge < -0.3 is 49.3 Å².